The van der Waals surface area contributed by atoms with Gasteiger partial charge in [0.15, 0.2) is 16.6 Å². The molecular weight excluding hydrogens is 478 g/mol. The van der Waals surface area contributed by atoms with Crippen LogP contribution in [0, 0.1) is 0 Å². The molecular formula is C24H26ClN3O5S. The van der Waals surface area contributed by atoms with Crippen LogP contribution in [-0.2, 0) is 9.53 Å². The van der Waals surface area contributed by atoms with Crippen LogP contribution in [0.1, 0.15) is 42.2 Å². The molecule has 34 heavy (non-hydrogen) atoms. The van der Waals surface area contributed by atoms with Crippen LogP contribution in [0.15, 0.2) is 47.7 Å². The standard InChI is InChI=1S/C24H26ClN3O5S/c1-5-10-33-21-16(11-14(25)12-18(21)31-3)20-19(13(2)26-24(34)28-20)22(29)27-17-9-7-6-8-15(17)23(30)32-4/h6-9,11-12,20H,5,10H2,1-4H3,(H,27,29)(H2,26,28,34). The lowest BCUT2D eigenvalue weighted by molar-refractivity contribution is -0.113. The highest BCUT2D eigenvalue weighted by atomic mass is 35.5. The Bertz CT molecular complexity index is 1150. The highest BCUT2D eigenvalue weighted by Crippen LogP contribution is 2.41. The molecule has 0 saturated heterocycles. The molecule has 3 N–H and O–H groups in total. The Morgan fingerprint density at radius 2 is 1.94 bits per heavy atom. The van der Waals surface area contributed by atoms with Gasteiger partial charge in [-0.2, -0.15) is 0 Å². The van der Waals surface area contributed by atoms with E-state index in [9.17, 15) is 9.59 Å². The van der Waals surface area contributed by atoms with Gasteiger partial charge in [0, 0.05) is 22.3 Å². The van der Waals surface area contributed by atoms with Gasteiger partial charge in [0.05, 0.1) is 43.7 Å². The first-order chi connectivity index (χ1) is 16.3. The van der Waals surface area contributed by atoms with E-state index in [1.165, 1.54) is 14.2 Å². The zero-order valence-electron chi connectivity index (χ0n) is 19.3. The molecule has 1 amide bonds. The number of amides is 1. The summed E-state index contributed by atoms with van der Waals surface area (Å²) in [5.41, 5.74) is 2.03. The zero-order valence-corrected chi connectivity index (χ0v) is 20.9. The molecule has 0 aromatic heterocycles. The maximum absolute atomic E-state index is 13.5. The number of esters is 1. The van der Waals surface area contributed by atoms with Gasteiger partial charge in [-0.1, -0.05) is 30.7 Å². The predicted molar refractivity (Wildman–Crippen MR) is 135 cm³/mol. The van der Waals surface area contributed by atoms with Crippen LogP contribution < -0.4 is 25.4 Å². The highest BCUT2D eigenvalue weighted by molar-refractivity contribution is 7.80. The first-order valence-corrected chi connectivity index (χ1v) is 11.4. The van der Waals surface area contributed by atoms with E-state index < -0.39 is 17.9 Å². The summed E-state index contributed by atoms with van der Waals surface area (Å²) >= 11 is 11.7. The number of hydrogen-bond donors (Lipinski definition) is 3. The molecule has 180 valence electrons. The number of benzene rings is 2. The summed E-state index contributed by atoms with van der Waals surface area (Å²) < 4.78 is 16.3. The van der Waals surface area contributed by atoms with Gasteiger partial charge in [0.2, 0.25) is 0 Å². The van der Waals surface area contributed by atoms with Gasteiger partial charge in [-0.25, -0.2) is 4.79 Å². The van der Waals surface area contributed by atoms with Crippen molar-refractivity contribution in [1.29, 1.82) is 0 Å². The first kappa shape index (κ1) is 25.3. The summed E-state index contributed by atoms with van der Waals surface area (Å²) in [4.78, 5) is 25.7. The van der Waals surface area contributed by atoms with Gasteiger partial charge in [0.25, 0.3) is 5.91 Å². The van der Waals surface area contributed by atoms with Gasteiger partial charge in [0.1, 0.15) is 0 Å². The summed E-state index contributed by atoms with van der Waals surface area (Å²) in [6, 6.07) is 9.27. The molecule has 0 fully saturated rings. The van der Waals surface area contributed by atoms with Crippen molar-refractivity contribution in [2.75, 3.05) is 26.1 Å². The van der Waals surface area contributed by atoms with Crippen molar-refractivity contribution in [3.8, 4) is 11.5 Å². The summed E-state index contributed by atoms with van der Waals surface area (Å²) in [5.74, 6) is -0.101. The second kappa shape index (κ2) is 11.2. The largest absolute Gasteiger partial charge is 0.493 e. The molecule has 0 bridgehead atoms. The van der Waals surface area contributed by atoms with E-state index in [2.05, 4.69) is 16.0 Å². The number of thiocarbonyl (C=S) groups is 1. The molecule has 0 radical (unpaired) electrons. The lowest BCUT2D eigenvalue weighted by Crippen LogP contribution is -2.46. The van der Waals surface area contributed by atoms with Crippen LogP contribution in [0.2, 0.25) is 5.02 Å². The van der Waals surface area contributed by atoms with Crippen molar-refractivity contribution in [1.82, 2.24) is 10.6 Å². The second-order valence-electron chi connectivity index (χ2n) is 7.44. The van der Waals surface area contributed by atoms with Crippen LogP contribution >= 0.6 is 23.8 Å². The maximum Gasteiger partial charge on any atom is 0.339 e. The fourth-order valence-corrected chi connectivity index (χ4v) is 4.10. The number of halogens is 1. The average molecular weight is 504 g/mol. The summed E-state index contributed by atoms with van der Waals surface area (Å²) in [7, 11) is 2.80. The lowest BCUT2D eigenvalue weighted by atomic mass is 9.93. The number of hydrogen-bond acceptors (Lipinski definition) is 6. The van der Waals surface area contributed by atoms with Gasteiger partial charge < -0.3 is 30.2 Å². The van der Waals surface area contributed by atoms with E-state index >= 15 is 0 Å². The quantitative estimate of drug-likeness (QED) is 0.361. The van der Waals surface area contributed by atoms with Gasteiger partial charge in [-0.3, -0.25) is 4.79 Å². The van der Waals surface area contributed by atoms with Gasteiger partial charge in [-0.15, -0.1) is 0 Å². The third kappa shape index (κ3) is 5.43. The molecule has 1 heterocycles. The molecule has 2 aromatic rings. The Morgan fingerprint density at radius 1 is 1.21 bits per heavy atom. The van der Waals surface area contributed by atoms with Crippen molar-refractivity contribution >= 4 is 46.5 Å². The second-order valence-corrected chi connectivity index (χ2v) is 8.28. The van der Waals surface area contributed by atoms with E-state index in [0.29, 0.717) is 50.8 Å². The topological polar surface area (TPSA) is 97.9 Å². The smallest absolute Gasteiger partial charge is 0.339 e. The number of para-hydroxylation sites is 1. The summed E-state index contributed by atoms with van der Waals surface area (Å²) in [6.07, 6.45) is 0.774. The number of methoxy groups -OCH3 is 2. The molecule has 8 nitrogen and oxygen atoms in total. The van der Waals surface area contributed by atoms with Crippen LogP contribution in [0.25, 0.3) is 0 Å². The van der Waals surface area contributed by atoms with Crippen molar-refractivity contribution in [3.63, 3.8) is 0 Å². The molecule has 1 aliphatic heterocycles. The number of carbonyl (C=O) groups excluding carboxylic acids is 2. The normalized spacial score (nSPS) is 15.2. The maximum atomic E-state index is 13.5. The van der Waals surface area contributed by atoms with E-state index in [1.54, 1.807) is 43.3 Å². The third-order valence-electron chi connectivity index (χ3n) is 5.12. The Hall–Kier alpha value is -3.30. The van der Waals surface area contributed by atoms with E-state index in [-0.39, 0.29) is 5.56 Å². The van der Waals surface area contributed by atoms with Crippen molar-refractivity contribution < 1.29 is 23.8 Å². The van der Waals surface area contributed by atoms with Crippen molar-refractivity contribution in [2.24, 2.45) is 0 Å². The van der Waals surface area contributed by atoms with E-state index in [4.69, 9.17) is 38.0 Å². The SMILES string of the molecule is CCCOc1c(OC)cc(Cl)cc1C1NC(=S)NC(C)=C1C(=O)Nc1ccccc1C(=O)OC. The predicted octanol–water partition coefficient (Wildman–Crippen LogP) is 4.36. The Balaban J connectivity index is 2.09. The fourth-order valence-electron chi connectivity index (χ4n) is 3.61. The van der Waals surface area contributed by atoms with Crippen molar-refractivity contribution in [3.05, 3.63) is 63.8 Å². The fraction of sp³-hybridized carbons (Fsp3) is 0.292. The minimum Gasteiger partial charge on any atom is -0.493 e. The van der Waals surface area contributed by atoms with Crippen LogP contribution in [0.3, 0.4) is 0 Å². The van der Waals surface area contributed by atoms with Crippen LogP contribution in [0.5, 0.6) is 11.5 Å². The molecule has 1 aliphatic rings. The lowest BCUT2D eigenvalue weighted by Gasteiger charge is -2.32. The first-order valence-electron chi connectivity index (χ1n) is 10.6. The number of rotatable bonds is 8. The van der Waals surface area contributed by atoms with Crippen LogP contribution in [0.4, 0.5) is 5.69 Å². The molecule has 1 unspecified atom stereocenters. The highest BCUT2D eigenvalue weighted by Gasteiger charge is 2.33. The minimum absolute atomic E-state index is 0.233. The molecule has 0 saturated carbocycles. The number of nitrogens with one attached hydrogen (secondary N) is 3. The average Bonchev–Trinajstić information content (AvgIpc) is 2.81. The summed E-state index contributed by atoms with van der Waals surface area (Å²) in [6.45, 7) is 4.18. The molecule has 3 rings (SSSR count). The Kier molecular flexibility index (Phi) is 8.36. The number of ether oxygens (including phenoxy) is 3. The third-order valence-corrected chi connectivity index (χ3v) is 5.56. The monoisotopic (exact) mass is 503 g/mol. The summed E-state index contributed by atoms with van der Waals surface area (Å²) in [5, 5.41) is 9.71. The Morgan fingerprint density at radius 3 is 2.62 bits per heavy atom. The molecule has 0 aliphatic carbocycles. The number of allylic oxidation sites excluding steroid dienone is 1. The van der Waals surface area contributed by atoms with Gasteiger partial charge >= 0.3 is 5.97 Å². The van der Waals surface area contributed by atoms with E-state index in [0.717, 1.165) is 6.42 Å². The Labute approximate surface area is 208 Å². The van der Waals surface area contributed by atoms with Crippen LogP contribution in [-0.4, -0.2) is 37.8 Å². The molecule has 10 heteroatoms. The number of carbonyl (C=O) groups is 2. The minimum atomic E-state index is -0.696. The van der Waals surface area contributed by atoms with Crippen molar-refractivity contribution in [2.45, 2.75) is 26.3 Å². The number of anilines is 1. The molecule has 1 atom stereocenters. The van der Waals surface area contributed by atoms with Gasteiger partial charge in [-0.05, 0) is 43.8 Å². The molecule has 0 spiro atoms. The molecule has 2 aromatic carbocycles. The zero-order chi connectivity index (χ0) is 24.8. The van der Waals surface area contributed by atoms with E-state index in [1.807, 2.05) is 6.92 Å².